The monoisotopic (exact) mass is 344 g/mol. The number of aromatic nitrogens is 2. The van der Waals surface area contributed by atoms with Crippen LogP contribution >= 0.6 is 0 Å². The second-order valence-corrected chi connectivity index (χ2v) is 7.84. The second kappa shape index (κ2) is 6.81. The van der Waals surface area contributed by atoms with Crippen LogP contribution in [0.2, 0.25) is 0 Å². The van der Waals surface area contributed by atoms with E-state index in [1.165, 1.54) is 19.3 Å². The van der Waals surface area contributed by atoms with Crippen LogP contribution in [0.3, 0.4) is 0 Å². The van der Waals surface area contributed by atoms with Crippen LogP contribution in [0.1, 0.15) is 69.4 Å². The summed E-state index contributed by atoms with van der Waals surface area (Å²) in [5.74, 6) is 1.49. The van der Waals surface area contributed by atoms with Gasteiger partial charge in [0.15, 0.2) is 0 Å². The number of hydrogen-bond donors (Lipinski definition) is 1. The van der Waals surface area contributed by atoms with E-state index in [-0.39, 0.29) is 23.8 Å². The standard InChI is InChI=1S/C19H28N4O2/c1-13-18-21-16(11-17(24)20-15-7-2-3-8-15)12-22(18)9-10-23(13)19(25)14-5-4-6-14/h12-15H,2-11H2,1H3,(H,20,24)/t13-/m1/s1. The number of rotatable bonds is 4. The normalized spacial score (nSPS) is 24.0. The Morgan fingerprint density at radius 2 is 1.92 bits per heavy atom. The lowest BCUT2D eigenvalue weighted by atomic mass is 9.84. The van der Waals surface area contributed by atoms with Crippen molar-refractivity contribution in [3.8, 4) is 0 Å². The fourth-order valence-electron chi connectivity index (χ4n) is 4.34. The highest BCUT2D eigenvalue weighted by atomic mass is 16.2. The number of carbonyl (C=O) groups excluding carboxylic acids is 2. The van der Waals surface area contributed by atoms with E-state index in [1.54, 1.807) is 0 Å². The second-order valence-electron chi connectivity index (χ2n) is 7.84. The lowest BCUT2D eigenvalue weighted by Gasteiger charge is -2.38. The van der Waals surface area contributed by atoms with Crippen LogP contribution in [-0.2, 0) is 22.6 Å². The minimum Gasteiger partial charge on any atom is -0.353 e. The zero-order chi connectivity index (χ0) is 17.4. The van der Waals surface area contributed by atoms with Gasteiger partial charge in [-0.25, -0.2) is 4.98 Å². The molecule has 1 aromatic rings. The van der Waals surface area contributed by atoms with Crippen molar-refractivity contribution in [2.45, 2.75) is 76.9 Å². The van der Waals surface area contributed by atoms with E-state index in [1.807, 2.05) is 11.1 Å². The third-order valence-corrected chi connectivity index (χ3v) is 6.08. The molecule has 2 aliphatic carbocycles. The maximum Gasteiger partial charge on any atom is 0.226 e. The molecule has 136 valence electrons. The first kappa shape index (κ1) is 16.6. The third kappa shape index (κ3) is 3.31. The van der Waals surface area contributed by atoms with Gasteiger partial charge in [0, 0.05) is 31.2 Å². The van der Waals surface area contributed by atoms with Gasteiger partial charge >= 0.3 is 0 Å². The SMILES string of the molecule is C[C@@H]1c2nc(CC(=O)NC3CCCC3)cn2CCN1C(=O)C1CCC1. The average Bonchev–Trinajstić information content (AvgIpc) is 3.15. The number of hydrogen-bond acceptors (Lipinski definition) is 3. The quantitative estimate of drug-likeness (QED) is 0.910. The fourth-order valence-corrected chi connectivity index (χ4v) is 4.34. The molecule has 0 unspecified atom stereocenters. The number of fused-ring (bicyclic) bond motifs is 1. The molecule has 6 heteroatoms. The predicted molar refractivity (Wildman–Crippen MR) is 93.8 cm³/mol. The molecule has 4 rings (SSSR count). The van der Waals surface area contributed by atoms with E-state index in [4.69, 9.17) is 4.98 Å². The molecular formula is C19H28N4O2. The first-order chi connectivity index (χ1) is 12.1. The summed E-state index contributed by atoms with van der Waals surface area (Å²) in [6.45, 7) is 3.57. The number of imidazole rings is 1. The van der Waals surface area contributed by atoms with Crippen molar-refractivity contribution >= 4 is 11.8 Å². The predicted octanol–water partition coefficient (Wildman–Crippen LogP) is 2.19. The van der Waals surface area contributed by atoms with Crippen molar-refractivity contribution in [3.63, 3.8) is 0 Å². The molecule has 0 saturated heterocycles. The van der Waals surface area contributed by atoms with E-state index in [0.29, 0.717) is 12.5 Å². The number of amides is 2. The summed E-state index contributed by atoms with van der Waals surface area (Å²) >= 11 is 0. The van der Waals surface area contributed by atoms with Gasteiger partial charge in [-0.2, -0.15) is 0 Å². The Morgan fingerprint density at radius 1 is 1.16 bits per heavy atom. The summed E-state index contributed by atoms with van der Waals surface area (Å²) < 4.78 is 2.12. The van der Waals surface area contributed by atoms with Crippen molar-refractivity contribution in [1.29, 1.82) is 0 Å². The highest BCUT2D eigenvalue weighted by Crippen LogP contribution is 2.33. The first-order valence-electron chi connectivity index (χ1n) is 9.77. The van der Waals surface area contributed by atoms with Crippen LogP contribution in [0.4, 0.5) is 0 Å². The molecule has 1 aliphatic heterocycles. The van der Waals surface area contributed by atoms with E-state index >= 15 is 0 Å². The number of nitrogens with one attached hydrogen (secondary N) is 1. The van der Waals surface area contributed by atoms with E-state index in [9.17, 15) is 9.59 Å². The molecule has 2 fully saturated rings. The van der Waals surface area contributed by atoms with Gasteiger partial charge in [-0.3, -0.25) is 9.59 Å². The Kier molecular flexibility index (Phi) is 4.52. The molecule has 1 N–H and O–H groups in total. The van der Waals surface area contributed by atoms with Crippen LogP contribution in [0.25, 0.3) is 0 Å². The lowest BCUT2D eigenvalue weighted by Crippen LogP contribution is -2.45. The summed E-state index contributed by atoms with van der Waals surface area (Å²) in [5.41, 5.74) is 0.815. The molecule has 1 atom stereocenters. The lowest BCUT2D eigenvalue weighted by molar-refractivity contribution is -0.141. The number of carbonyl (C=O) groups is 2. The maximum absolute atomic E-state index is 12.6. The maximum atomic E-state index is 12.6. The van der Waals surface area contributed by atoms with Gasteiger partial charge in [-0.15, -0.1) is 0 Å². The highest BCUT2D eigenvalue weighted by Gasteiger charge is 2.35. The first-order valence-corrected chi connectivity index (χ1v) is 9.77. The molecule has 0 spiro atoms. The van der Waals surface area contributed by atoms with E-state index in [0.717, 1.165) is 50.3 Å². The molecule has 0 aromatic carbocycles. The summed E-state index contributed by atoms with van der Waals surface area (Å²) in [4.78, 5) is 31.5. The highest BCUT2D eigenvalue weighted by molar-refractivity contribution is 5.80. The number of nitrogens with zero attached hydrogens (tertiary/aromatic N) is 3. The van der Waals surface area contributed by atoms with Gasteiger partial charge in [0.05, 0.1) is 18.2 Å². The zero-order valence-corrected chi connectivity index (χ0v) is 15.0. The third-order valence-electron chi connectivity index (χ3n) is 6.08. The van der Waals surface area contributed by atoms with Crippen molar-refractivity contribution in [3.05, 3.63) is 17.7 Å². The fraction of sp³-hybridized carbons (Fsp3) is 0.737. The molecule has 2 amide bonds. The van der Waals surface area contributed by atoms with Crippen LogP contribution < -0.4 is 5.32 Å². The van der Waals surface area contributed by atoms with Gasteiger partial charge in [0.1, 0.15) is 5.82 Å². The topological polar surface area (TPSA) is 67.2 Å². The van der Waals surface area contributed by atoms with Crippen LogP contribution in [0, 0.1) is 5.92 Å². The van der Waals surface area contributed by atoms with Gasteiger partial charge in [0.25, 0.3) is 0 Å². The summed E-state index contributed by atoms with van der Waals surface area (Å²) in [7, 11) is 0. The summed E-state index contributed by atoms with van der Waals surface area (Å²) in [6.07, 6.45) is 10.2. The molecule has 25 heavy (non-hydrogen) atoms. The molecular weight excluding hydrogens is 316 g/mol. The Bertz CT molecular complexity index is 658. The minimum atomic E-state index is -0.00602. The molecule has 2 heterocycles. The summed E-state index contributed by atoms with van der Waals surface area (Å²) in [5, 5.41) is 3.12. The van der Waals surface area contributed by atoms with Gasteiger partial charge in [-0.05, 0) is 32.6 Å². The molecule has 1 aromatic heterocycles. The van der Waals surface area contributed by atoms with Crippen molar-refractivity contribution in [2.24, 2.45) is 5.92 Å². The van der Waals surface area contributed by atoms with Crippen molar-refractivity contribution in [1.82, 2.24) is 19.8 Å². The molecule has 6 nitrogen and oxygen atoms in total. The van der Waals surface area contributed by atoms with Crippen LogP contribution in [0.15, 0.2) is 6.20 Å². The molecule has 0 radical (unpaired) electrons. The van der Waals surface area contributed by atoms with Gasteiger partial charge < -0.3 is 14.8 Å². The zero-order valence-electron chi connectivity index (χ0n) is 15.0. The Morgan fingerprint density at radius 3 is 2.60 bits per heavy atom. The smallest absolute Gasteiger partial charge is 0.226 e. The Balaban J connectivity index is 1.40. The Labute approximate surface area is 149 Å². The molecule has 3 aliphatic rings. The van der Waals surface area contributed by atoms with Crippen LogP contribution in [-0.4, -0.2) is 38.9 Å². The van der Waals surface area contributed by atoms with Gasteiger partial charge in [0.2, 0.25) is 11.8 Å². The van der Waals surface area contributed by atoms with Crippen molar-refractivity contribution in [2.75, 3.05) is 6.54 Å². The van der Waals surface area contributed by atoms with E-state index < -0.39 is 0 Å². The van der Waals surface area contributed by atoms with Gasteiger partial charge in [-0.1, -0.05) is 19.3 Å². The van der Waals surface area contributed by atoms with Crippen molar-refractivity contribution < 1.29 is 9.59 Å². The molecule has 0 bridgehead atoms. The largest absolute Gasteiger partial charge is 0.353 e. The Hall–Kier alpha value is -1.85. The molecule has 2 saturated carbocycles. The summed E-state index contributed by atoms with van der Waals surface area (Å²) in [6, 6.07) is 0.341. The van der Waals surface area contributed by atoms with E-state index in [2.05, 4.69) is 16.8 Å². The minimum absolute atomic E-state index is 0.00602. The average molecular weight is 344 g/mol. The van der Waals surface area contributed by atoms with Crippen LogP contribution in [0.5, 0.6) is 0 Å².